The van der Waals surface area contributed by atoms with Crippen molar-refractivity contribution >= 4 is 21.6 Å². The van der Waals surface area contributed by atoms with Crippen LogP contribution in [-0.4, -0.2) is 45.1 Å². The molecule has 1 amide bonds. The maximum absolute atomic E-state index is 12.3. The fraction of sp³-hybridized carbons (Fsp3) is 0.611. The molecule has 1 heterocycles. The number of anilines is 1. The summed E-state index contributed by atoms with van der Waals surface area (Å²) in [7, 11) is -3.36. The summed E-state index contributed by atoms with van der Waals surface area (Å²) in [6.45, 7) is 6.10. The van der Waals surface area contributed by atoms with Gasteiger partial charge in [-0.05, 0) is 43.7 Å². The van der Waals surface area contributed by atoms with Crippen molar-refractivity contribution in [1.82, 2.24) is 4.90 Å². The number of amides is 1. The lowest BCUT2D eigenvalue weighted by atomic mass is 9.99. The SMILES string of the molecule is Cc1ccccc1N(CCCC(=O)N1CCC(C)CC1)S(C)(=O)=O. The van der Waals surface area contributed by atoms with E-state index in [9.17, 15) is 13.2 Å². The van der Waals surface area contributed by atoms with Crippen molar-refractivity contribution < 1.29 is 13.2 Å². The zero-order valence-corrected chi connectivity index (χ0v) is 15.7. The van der Waals surface area contributed by atoms with E-state index in [1.807, 2.05) is 36.1 Å². The molecule has 134 valence electrons. The highest BCUT2D eigenvalue weighted by Crippen LogP contribution is 2.23. The summed E-state index contributed by atoms with van der Waals surface area (Å²) in [6.07, 6.45) is 4.26. The second-order valence-electron chi connectivity index (χ2n) is 6.79. The second kappa shape index (κ2) is 8.01. The molecule has 0 spiro atoms. The Balaban J connectivity index is 1.95. The summed E-state index contributed by atoms with van der Waals surface area (Å²) in [5, 5.41) is 0. The van der Waals surface area contributed by atoms with E-state index in [1.54, 1.807) is 0 Å². The highest BCUT2D eigenvalue weighted by Gasteiger charge is 2.22. The van der Waals surface area contributed by atoms with Gasteiger partial charge in [-0.25, -0.2) is 8.42 Å². The molecular formula is C18H28N2O3S. The van der Waals surface area contributed by atoms with Gasteiger partial charge < -0.3 is 4.90 Å². The molecule has 0 aliphatic carbocycles. The summed E-state index contributed by atoms with van der Waals surface area (Å²) in [5.41, 5.74) is 1.61. The normalized spacial score (nSPS) is 16.2. The molecule has 1 fully saturated rings. The third-order valence-corrected chi connectivity index (χ3v) is 5.85. The van der Waals surface area contributed by atoms with Crippen molar-refractivity contribution in [1.29, 1.82) is 0 Å². The largest absolute Gasteiger partial charge is 0.343 e. The fourth-order valence-corrected chi connectivity index (χ4v) is 4.12. The van der Waals surface area contributed by atoms with Crippen molar-refractivity contribution in [2.45, 2.75) is 39.5 Å². The number of nitrogens with zero attached hydrogens (tertiary/aromatic N) is 2. The Morgan fingerprint density at radius 1 is 1.25 bits per heavy atom. The molecule has 0 atom stereocenters. The van der Waals surface area contributed by atoms with E-state index in [2.05, 4.69) is 6.92 Å². The van der Waals surface area contributed by atoms with Gasteiger partial charge in [-0.15, -0.1) is 0 Å². The van der Waals surface area contributed by atoms with Crippen LogP contribution in [0.15, 0.2) is 24.3 Å². The zero-order chi connectivity index (χ0) is 17.7. The van der Waals surface area contributed by atoms with Gasteiger partial charge in [-0.1, -0.05) is 25.1 Å². The Kier molecular flexibility index (Phi) is 6.27. The number of piperidine rings is 1. The van der Waals surface area contributed by atoms with Gasteiger partial charge in [0.1, 0.15) is 0 Å². The summed E-state index contributed by atoms with van der Waals surface area (Å²) in [4.78, 5) is 14.2. The molecule has 1 aliphatic heterocycles. The van der Waals surface area contributed by atoms with Crippen molar-refractivity contribution in [2.24, 2.45) is 5.92 Å². The monoisotopic (exact) mass is 352 g/mol. The molecule has 1 aliphatic rings. The van der Waals surface area contributed by atoms with Crippen LogP contribution in [0.3, 0.4) is 0 Å². The molecule has 24 heavy (non-hydrogen) atoms. The first kappa shape index (κ1) is 18.8. The molecular weight excluding hydrogens is 324 g/mol. The van der Waals surface area contributed by atoms with Crippen molar-refractivity contribution in [3.05, 3.63) is 29.8 Å². The van der Waals surface area contributed by atoms with Gasteiger partial charge in [0.15, 0.2) is 0 Å². The molecule has 0 aromatic heterocycles. The number of para-hydroxylation sites is 1. The second-order valence-corrected chi connectivity index (χ2v) is 8.70. The lowest BCUT2D eigenvalue weighted by Gasteiger charge is -2.30. The Hall–Kier alpha value is -1.56. The first-order valence-electron chi connectivity index (χ1n) is 8.60. The van der Waals surface area contributed by atoms with Crippen LogP contribution in [0.2, 0.25) is 0 Å². The number of hydrogen-bond donors (Lipinski definition) is 0. The van der Waals surface area contributed by atoms with Crippen LogP contribution < -0.4 is 4.31 Å². The lowest BCUT2D eigenvalue weighted by molar-refractivity contribution is -0.132. The molecule has 0 unspecified atom stereocenters. The first-order valence-corrected chi connectivity index (χ1v) is 10.4. The standard InChI is InChI=1S/C18H28N2O3S/c1-15-10-13-19(14-11-15)18(21)9-6-12-20(24(3,22)23)17-8-5-4-7-16(17)2/h4-5,7-8,15H,6,9-14H2,1-3H3. The predicted molar refractivity (Wildman–Crippen MR) is 97.6 cm³/mol. The lowest BCUT2D eigenvalue weighted by Crippen LogP contribution is -2.38. The average molecular weight is 353 g/mol. The molecule has 2 rings (SSSR count). The predicted octanol–water partition coefficient (Wildman–Crippen LogP) is 2.80. The molecule has 0 radical (unpaired) electrons. The number of sulfonamides is 1. The van der Waals surface area contributed by atoms with Crippen LogP contribution in [0.25, 0.3) is 0 Å². The molecule has 0 bridgehead atoms. The van der Waals surface area contributed by atoms with Gasteiger partial charge in [-0.3, -0.25) is 9.10 Å². The van der Waals surface area contributed by atoms with Gasteiger partial charge in [0.25, 0.3) is 0 Å². The van der Waals surface area contributed by atoms with Crippen LogP contribution in [0.5, 0.6) is 0 Å². The Morgan fingerprint density at radius 3 is 2.46 bits per heavy atom. The van der Waals surface area contributed by atoms with Crippen LogP contribution in [-0.2, 0) is 14.8 Å². The number of benzene rings is 1. The summed E-state index contributed by atoms with van der Waals surface area (Å²) in [5.74, 6) is 0.830. The minimum Gasteiger partial charge on any atom is -0.343 e. The molecule has 1 aromatic carbocycles. The molecule has 0 N–H and O–H groups in total. The highest BCUT2D eigenvalue weighted by atomic mass is 32.2. The van der Waals surface area contributed by atoms with E-state index < -0.39 is 10.0 Å². The maximum atomic E-state index is 12.3. The fourth-order valence-electron chi connectivity index (χ4n) is 3.10. The van der Waals surface area contributed by atoms with Crippen LogP contribution >= 0.6 is 0 Å². The van der Waals surface area contributed by atoms with Gasteiger partial charge in [-0.2, -0.15) is 0 Å². The Bertz CT molecular complexity index is 665. The highest BCUT2D eigenvalue weighted by molar-refractivity contribution is 7.92. The van der Waals surface area contributed by atoms with Crippen LogP contribution in [0, 0.1) is 12.8 Å². The number of likely N-dealkylation sites (tertiary alicyclic amines) is 1. The van der Waals surface area contributed by atoms with Gasteiger partial charge in [0, 0.05) is 26.1 Å². The van der Waals surface area contributed by atoms with Gasteiger partial charge in [0.05, 0.1) is 11.9 Å². The van der Waals surface area contributed by atoms with E-state index in [1.165, 1.54) is 10.6 Å². The van der Waals surface area contributed by atoms with E-state index in [0.717, 1.165) is 31.5 Å². The first-order chi connectivity index (χ1) is 11.3. The smallest absolute Gasteiger partial charge is 0.232 e. The number of rotatable bonds is 6. The number of carbonyl (C=O) groups is 1. The van der Waals surface area contributed by atoms with Crippen molar-refractivity contribution in [3.8, 4) is 0 Å². The Labute approximate surface area is 145 Å². The molecule has 6 heteroatoms. The third-order valence-electron chi connectivity index (χ3n) is 4.67. The number of aryl methyl sites for hydroxylation is 1. The van der Waals surface area contributed by atoms with Crippen molar-refractivity contribution in [3.63, 3.8) is 0 Å². The van der Waals surface area contributed by atoms with Gasteiger partial charge >= 0.3 is 0 Å². The quantitative estimate of drug-likeness (QED) is 0.791. The topological polar surface area (TPSA) is 57.7 Å². The molecule has 5 nitrogen and oxygen atoms in total. The minimum absolute atomic E-state index is 0.139. The van der Waals surface area contributed by atoms with E-state index >= 15 is 0 Å². The van der Waals surface area contributed by atoms with E-state index in [-0.39, 0.29) is 5.91 Å². The summed E-state index contributed by atoms with van der Waals surface area (Å²) >= 11 is 0. The maximum Gasteiger partial charge on any atom is 0.232 e. The molecule has 1 aromatic rings. The Morgan fingerprint density at radius 2 is 1.88 bits per heavy atom. The zero-order valence-electron chi connectivity index (χ0n) is 14.9. The summed E-state index contributed by atoms with van der Waals surface area (Å²) < 4.78 is 25.7. The molecule has 1 saturated heterocycles. The minimum atomic E-state index is -3.36. The number of hydrogen-bond acceptors (Lipinski definition) is 3. The van der Waals surface area contributed by atoms with E-state index in [0.29, 0.717) is 31.0 Å². The van der Waals surface area contributed by atoms with Crippen molar-refractivity contribution in [2.75, 3.05) is 30.2 Å². The number of carbonyl (C=O) groups excluding carboxylic acids is 1. The summed E-state index contributed by atoms with van der Waals surface area (Å²) in [6, 6.07) is 7.43. The van der Waals surface area contributed by atoms with E-state index in [4.69, 9.17) is 0 Å². The van der Waals surface area contributed by atoms with Crippen LogP contribution in [0.1, 0.15) is 38.2 Å². The molecule has 0 saturated carbocycles. The van der Waals surface area contributed by atoms with Gasteiger partial charge in [0.2, 0.25) is 15.9 Å². The average Bonchev–Trinajstić information content (AvgIpc) is 2.52. The van der Waals surface area contributed by atoms with Crippen LogP contribution in [0.4, 0.5) is 5.69 Å². The third kappa shape index (κ3) is 4.97.